The van der Waals surface area contributed by atoms with Crippen LogP contribution in [-0.2, 0) is 20.9 Å². The summed E-state index contributed by atoms with van der Waals surface area (Å²) in [5.74, 6) is -2.37. The number of rotatable bonds is 4. The average Bonchev–Trinajstić information content (AvgIpc) is 2.71. The predicted molar refractivity (Wildman–Crippen MR) is 118 cm³/mol. The maximum Gasteiger partial charge on any atom is 0.254 e. The van der Waals surface area contributed by atoms with Crippen molar-refractivity contribution in [2.75, 3.05) is 25.5 Å². The molecule has 4 rings (SSSR count). The van der Waals surface area contributed by atoms with Crippen molar-refractivity contribution in [3.05, 3.63) is 58.0 Å². The van der Waals surface area contributed by atoms with Crippen LogP contribution < -0.4 is 4.90 Å². The molecule has 1 aromatic heterocycles. The van der Waals surface area contributed by atoms with E-state index >= 15 is 0 Å². The van der Waals surface area contributed by atoms with E-state index in [9.17, 15) is 18.8 Å². The molecule has 1 spiro atoms. The van der Waals surface area contributed by atoms with Gasteiger partial charge in [-0.2, -0.15) is 0 Å². The highest BCUT2D eigenvalue weighted by Crippen LogP contribution is 2.48. The standard InChI is InChI=1S/C22H21Cl2FN4O3/c1-27(2)20(31)14-8-22(9-14)21(32)28(19-17(25)7-16(24)10-26-19)12-18(30)29(22)11-13-3-5-15(23)6-4-13/h3-7,10,14H,8-9,11-12H2,1-2H3/t14-,22-. The third kappa shape index (κ3) is 3.82. The van der Waals surface area contributed by atoms with Crippen LogP contribution in [-0.4, -0.2) is 58.7 Å². The Morgan fingerprint density at radius 1 is 1.19 bits per heavy atom. The number of carbonyl (C=O) groups excluding carboxylic acids is 3. The molecule has 2 aliphatic rings. The second-order valence-electron chi connectivity index (χ2n) is 8.33. The fourth-order valence-corrected chi connectivity index (χ4v) is 4.65. The van der Waals surface area contributed by atoms with Crippen LogP contribution in [0.3, 0.4) is 0 Å². The number of benzene rings is 1. The van der Waals surface area contributed by atoms with Crippen molar-refractivity contribution >= 4 is 46.7 Å². The molecule has 7 nitrogen and oxygen atoms in total. The van der Waals surface area contributed by atoms with Gasteiger partial charge in [0.1, 0.15) is 12.1 Å². The van der Waals surface area contributed by atoms with E-state index in [1.54, 1.807) is 38.4 Å². The summed E-state index contributed by atoms with van der Waals surface area (Å²) in [6.07, 6.45) is 1.55. The van der Waals surface area contributed by atoms with E-state index in [2.05, 4.69) is 4.98 Å². The highest BCUT2D eigenvalue weighted by atomic mass is 35.5. The number of aromatic nitrogens is 1. The van der Waals surface area contributed by atoms with Gasteiger partial charge in [0.2, 0.25) is 11.8 Å². The minimum absolute atomic E-state index is 0.0846. The van der Waals surface area contributed by atoms with Crippen LogP contribution >= 0.6 is 23.2 Å². The number of hydrogen-bond acceptors (Lipinski definition) is 4. The topological polar surface area (TPSA) is 73.8 Å². The van der Waals surface area contributed by atoms with Gasteiger partial charge in [-0.1, -0.05) is 35.3 Å². The fraction of sp³-hybridized carbons (Fsp3) is 0.364. The lowest BCUT2D eigenvalue weighted by atomic mass is 9.64. The normalized spacial score (nSPS) is 22.8. The smallest absolute Gasteiger partial charge is 0.254 e. The quantitative estimate of drug-likeness (QED) is 0.676. The molecule has 1 aromatic carbocycles. The fourth-order valence-electron chi connectivity index (χ4n) is 4.38. The number of amides is 3. The van der Waals surface area contributed by atoms with Crippen LogP contribution in [0.4, 0.5) is 10.2 Å². The molecule has 32 heavy (non-hydrogen) atoms. The summed E-state index contributed by atoms with van der Waals surface area (Å²) in [6, 6.07) is 8.02. The van der Waals surface area contributed by atoms with E-state index < -0.39 is 23.2 Å². The van der Waals surface area contributed by atoms with E-state index in [4.69, 9.17) is 23.2 Å². The van der Waals surface area contributed by atoms with E-state index in [-0.39, 0.29) is 48.6 Å². The van der Waals surface area contributed by atoms with Crippen molar-refractivity contribution in [3.8, 4) is 0 Å². The Balaban J connectivity index is 1.69. The van der Waals surface area contributed by atoms with E-state index in [0.29, 0.717) is 5.02 Å². The molecule has 1 saturated heterocycles. The highest BCUT2D eigenvalue weighted by Gasteiger charge is 2.62. The second kappa shape index (κ2) is 8.33. The van der Waals surface area contributed by atoms with Gasteiger partial charge in [0.25, 0.3) is 5.91 Å². The van der Waals surface area contributed by atoms with Gasteiger partial charge in [0.15, 0.2) is 11.6 Å². The zero-order chi connectivity index (χ0) is 23.2. The molecule has 10 heteroatoms. The minimum Gasteiger partial charge on any atom is -0.349 e. The van der Waals surface area contributed by atoms with Crippen LogP contribution in [0.25, 0.3) is 0 Å². The molecule has 1 aliphatic carbocycles. The van der Waals surface area contributed by atoms with E-state index in [0.717, 1.165) is 16.5 Å². The van der Waals surface area contributed by atoms with Gasteiger partial charge in [0.05, 0.1) is 5.02 Å². The zero-order valence-corrected chi connectivity index (χ0v) is 19.0. The first-order valence-electron chi connectivity index (χ1n) is 10.0. The molecule has 2 fully saturated rings. The maximum atomic E-state index is 14.6. The first-order valence-corrected chi connectivity index (χ1v) is 10.8. The second-order valence-corrected chi connectivity index (χ2v) is 9.20. The van der Waals surface area contributed by atoms with Crippen LogP contribution in [0.5, 0.6) is 0 Å². The first kappa shape index (κ1) is 22.5. The van der Waals surface area contributed by atoms with Gasteiger partial charge in [-0.15, -0.1) is 0 Å². The molecule has 2 heterocycles. The molecular formula is C22H21Cl2FN4O3. The van der Waals surface area contributed by atoms with Crippen molar-refractivity contribution in [1.29, 1.82) is 0 Å². The molecule has 168 valence electrons. The lowest BCUT2D eigenvalue weighted by molar-refractivity contribution is -0.167. The van der Waals surface area contributed by atoms with Gasteiger partial charge in [-0.3, -0.25) is 19.3 Å². The van der Waals surface area contributed by atoms with Crippen molar-refractivity contribution in [3.63, 3.8) is 0 Å². The van der Waals surface area contributed by atoms with Gasteiger partial charge in [0, 0.05) is 37.8 Å². The Bertz CT molecular complexity index is 1090. The molecular weight excluding hydrogens is 458 g/mol. The van der Waals surface area contributed by atoms with Gasteiger partial charge in [-0.25, -0.2) is 9.37 Å². The first-order chi connectivity index (χ1) is 15.1. The highest BCUT2D eigenvalue weighted by molar-refractivity contribution is 6.30. The lowest BCUT2D eigenvalue weighted by Crippen LogP contribution is -2.73. The molecule has 0 radical (unpaired) electrons. The molecule has 0 atom stereocenters. The van der Waals surface area contributed by atoms with Gasteiger partial charge in [-0.05, 0) is 36.6 Å². The predicted octanol–water partition coefficient (Wildman–Crippen LogP) is 3.14. The summed E-state index contributed by atoms with van der Waals surface area (Å²) in [5.41, 5.74) is -0.458. The number of carbonyl (C=O) groups is 3. The maximum absolute atomic E-state index is 14.6. The molecule has 3 amide bonds. The summed E-state index contributed by atoms with van der Waals surface area (Å²) in [6.45, 7) is -0.180. The number of nitrogens with zero attached hydrogens (tertiary/aromatic N) is 4. The van der Waals surface area contributed by atoms with Crippen LogP contribution in [0.1, 0.15) is 18.4 Å². The van der Waals surface area contributed by atoms with E-state index in [1.807, 2.05) is 0 Å². The molecule has 2 aromatic rings. The Morgan fingerprint density at radius 3 is 2.44 bits per heavy atom. The summed E-state index contributed by atoms with van der Waals surface area (Å²) >= 11 is 11.8. The lowest BCUT2D eigenvalue weighted by Gasteiger charge is -2.56. The van der Waals surface area contributed by atoms with Crippen LogP contribution in [0.2, 0.25) is 10.0 Å². The Morgan fingerprint density at radius 2 is 1.84 bits per heavy atom. The number of pyridine rings is 1. The SMILES string of the molecule is CN(C)C(=O)[C@H]1C[C@]2(C1)C(=O)N(c1ncc(Cl)cc1F)CC(=O)N2Cc1ccc(Cl)cc1. The Hall–Kier alpha value is -2.71. The minimum atomic E-state index is -1.25. The van der Waals surface area contributed by atoms with E-state index in [1.165, 1.54) is 16.0 Å². The number of halogens is 3. The molecule has 1 saturated carbocycles. The number of piperazine rings is 1. The Labute approximate surface area is 194 Å². The van der Waals surface area contributed by atoms with Crippen molar-refractivity contribution in [2.45, 2.75) is 24.9 Å². The summed E-state index contributed by atoms with van der Waals surface area (Å²) in [7, 11) is 3.29. The molecule has 0 N–H and O–H groups in total. The van der Waals surface area contributed by atoms with Crippen molar-refractivity contribution < 1.29 is 18.8 Å². The van der Waals surface area contributed by atoms with Crippen LogP contribution in [0, 0.1) is 11.7 Å². The Kier molecular flexibility index (Phi) is 5.85. The molecule has 1 aliphatic heterocycles. The summed E-state index contributed by atoms with van der Waals surface area (Å²) in [5, 5.41) is 0.640. The molecule has 0 unspecified atom stereocenters. The monoisotopic (exact) mass is 478 g/mol. The summed E-state index contributed by atoms with van der Waals surface area (Å²) < 4.78 is 14.6. The number of anilines is 1. The third-order valence-corrected chi connectivity index (χ3v) is 6.47. The zero-order valence-electron chi connectivity index (χ0n) is 17.5. The molecule has 0 bridgehead atoms. The van der Waals surface area contributed by atoms with Crippen molar-refractivity contribution in [2.24, 2.45) is 5.92 Å². The van der Waals surface area contributed by atoms with Crippen LogP contribution in [0.15, 0.2) is 36.5 Å². The van der Waals surface area contributed by atoms with Gasteiger partial charge < -0.3 is 9.80 Å². The third-order valence-electron chi connectivity index (χ3n) is 6.01. The summed E-state index contributed by atoms with van der Waals surface area (Å²) in [4.78, 5) is 47.3. The largest absolute Gasteiger partial charge is 0.349 e. The van der Waals surface area contributed by atoms with Crippen molar-refractivity contribution in [1.82, 2.24) is 14.8 Å². The average molecular weight is 479 g/mol. The van der Waals surface area contributed by atoms with Gasteiger partial charge >= 0.3 is 0 Å². The number of hydrogen-bond donors (Lipinski definition) is 0.